The van der Waals surface area contributed by atoms with Gasteiger partial charge in [-0.25, -0.2) is 4.98 Å². The van der Waals surface area contributed by atoms with E-state index in [0.717, 1.165) is 12.8 Å². The third-order valence-corrected chi connectivity index (χ3v) is 5.24. The highest BCUT2D eigenvalue weighted by Gasteiger charge is 2.33. The molecule has 0 fully saturated rings. The first-order valence-corrected chi connectivity index (χ1v) is 8.82. The molecule has 2 nitrogen and oxygen atoms in total. The van der Waals surface area contributed by atoms with Crippen molar-refractivity contribution in [2.75, 3.05) is 0 Å². The Labute approximate surface area is 132 Å². The summed E-state index contributed by atoms with van der Waals surface area (Å²) in [5.74, 6) is 1.68. The zero-order chi connectivity index (χ0) is 16.3. The highest BCUT2D eigenvalue weighted by molar-refractivity contribution is 5.28. The number of imidazole rings is 1. The van der Waals surface area contributed by atoms with Crippen LogP contribution in [-0.4, -0.2) is 9.97 Å². The molecule has 0 saturated carbocycles. The van der Waals surface area contributed by atoms with E-state index in [1.54, 1.807) is 0 Å². The summed E-state index contributed by atoms with van der Waals surface area (Å²) < 4.78 is 0. The number of aromatic amines is 1. The van der Waals surface area contributed by atoms with Gasteiger partial charge in [0, 0.05) is 16.5 Å². The molecule has 1 N–H and O–H groups in total. The normalized spacial score (nSPS) is 13.2. The molecule has 122 valence electrons. The van der Waals surface area contributed by atoms with Crippen LogP contribution in [0.25, 0.3) is 0 Å². The largest absolute Gasteiger partial charge is 0.345 e. The molecule has 2 heteroatoms. The number of rotatable bonds is 8. The maximum absolute atomic E-state index is 5.11. The van der Waals surface area contributed by atoms with Crippen LogP contribution in [0, 0.1) is 0 Å². The fourth-order valence-corrected chi connectivity index (χ4v) is 2.91. The Bertz CT molecular complexity index is 436. The number of hydrogen-bond donors (Lipinski definition) is 1. The number of hydrogen-bond acceptors (Lipinski definition) is 1. The lowest BCUT2D eigenvalue weighted by molar-refractivity contribution is 0.411. The predicted octanol–water partition coefficient (Wildman–Crippen LogP) is 6.08. The highest BCUT2D eigenvalue weighted by Crippen LogP contribution is 2.37. The van der Waals surface area contributed by atoms with Gasteiger partial charge in [0.05, 0.1) is 5.69 Å². The van der Waals surface area contributed by atoms with E-state index in [0.29, 0.717) is 5.92 Å². The summed E-state index contributed by atoms with van der Waals surface area (Å²) in [6, 6.07) is 0. The Morgan fingerprint density at radius 2 is 1.62 bits per heavy atom. The fourth-order valence-electron chi connectivity index (χ4n) is 2.91. The van der Waals surface area contributed by atoms with Crippen molar-refractivity contribution >= 4 is 0 Å². The van der Waals surface area contributed by atoms with Gasteiger partial charge in [-0.2, -0.15) is 0 Å². The van der Waals surface area contributed by atoms with Gasteiger partial charge in [-0.3, -0.25) is 0 Å². The number of nitrogens with zero attached hydrogens (tertiary/aromatic N) is 1. The molecule has 1 heterocycles. The molecule has 0 aromatic carbocycles. The summed E-state index contributed by atoms with van der Waals surface area (Å²) in [7, 11) is 0. The summed E-state index contributed by atoms with van der Waals surface area (Å²) in [4.78, 5) is 8.81. The summed E-state index contributed by atoms with van der Waals surface area (Å²) in [5, 5.41) is 0. The van der Waals surface area contributed by atoms with Gasteiger partial charge in [-0.05, 0) is 25.2 Å². The quantitative estimate of drug-likeness (QED) is 0.618. The zero-order valence-corrected chi connectivity index (χ0v) is 15.6. The maximum atomic E-state index is 5.11. The third kappa shape index (κ3) is 3.90. The first-order chi connectivity index (χ1) is 9.71. The van der Waals surface area contributed by atoms with Crippen LogP contribution in [0.3, 0.4) is 0 Å². The molecule has 0 spiro atoms. The minimum absolute atomic E-state index is 0.139. The number of nitrogens with one attached hydrogen (secondary N) is 1. The van der Waals surface area contributed by atoms with Crippen LogP contribution < -0.4 is 0 Å². The van der Waals surface area contributed by atoms with Crippen molar-refractivity contribution < 1.29 is 0 Å². The van der Waals surface area contributed by atoms with Crippen molar-refractivity contribution in [1.29, 1.82) is 0 Å². The van der Waals surface area contributed by atoms with Crippen LogP contribution in [-0.2, 0) is 10.8 Å². The molecule has 0 aliphatic heterocycles. The van der Waals surface area contributed by atoms with E-state index in [1.807, 2.05) is 0 Å². The molecule has 1 aromatic rings. The number of unbranched alkanes of at least 4 members (excludes halogenated alkanes) is 1. The Balaban J connectivity index is 3.28. The predicted molar refractivity (Wildman–Crippen MR) is 93.2 cm³/mol. The van der Waals surface area contributed by atoms with E-state index in [2.05, 4.69) is 60.4 Å². The molecule has 0 amide bonds. The smallest absolute Gasteiger partial charge is 0.112 e. The molecule has 1 rings (SSSR count). The van der Waals surface area contributed by atoms with Gasteiger partial charge < -0.3 is 4.98 Å². The lowest BCUT2D eigenvalue weighted by atomic mass is 9.79. The number of aromatic nitrogens is 2. The van der Waals surface area contributed by atoms with Crippen molar-refractivity contribution in [3.8, 4) is 0 Å². The molecule has 21 heavy (non-hydrogen) atoms. The molecular weight excluding hydrogens is 256 g/mol. The van der Waals surface area contributed by atoms with Gasteiger partial charge >= 0.3 is 0 Å². The zero-order valence-electron chi connectivity index (χ0n) is 15.6. The van der Waals surface area contributed by atoms with E-state index in [9.17, 15) is 0 Å². The van der Waals surface area contributed by atoms with Crippen LogP contribution >= 0.6 is 0 Å². The van der Waals surface area contributed by atoms with E-state index in [-0.39, 0.29) is 10.8 Å². The molecule has 1 aromatic heterocycles. The first-order valence-electron chi connectivity index (χ1n) is 8.82. The first kappa shape index (κ1) is 18.3. The van der Waals surface area contributed by atoms with Gasteiger partial charge in [0.25, 0.3) is 0 Å². The van der Waals surface area contributed by atoms with Crippen LogP contribution in [0.1, 0.15) is 111 Å². The molecule has 0 aliphatic carbocycles. The van der Waals surface area contributed by atoms with E-state index < -0.39 is 0 Å². The second-order valence-corrected chi connectivity index (χ2v) is 7.76. The lowest BCUT2D eigenvalue weighted by Crippen LogP contribution is -2.23. The van der Waals surface area contributed by atoms with E-state index in [4.69, 9.17) is 4.98 Å². The Morgan fingerprint density at radius 3 is 2.05 bits per heavy atom. The summed E-state index contributed by atoms with van der Waals surface area (Å²) in [6.45, 7) is 18.4. The Hall–Kier alpha value is -0.790. The summed E-state index contributed by atoms with van der Waals surface area (Å²) in [6.07, 6.45) is 5.99. The van der Waals surface area contributed by atoms with Gasteiger partial charge in [-0.15, -0.1) is 0 Å². The lowest BCUT2D eigenvalue weighted by Gasteiger charge is -2.27. The van der Waals surface area contributed by atoms with Crippen molar-refractivity contribution in [2.24, 2.45) is 0 Å². The average molecular weight is 293 g/mol. The number of H-pyrrole nitrogens is 1. The Kier molecular flexibility index (Phi) is 6.07. The fraction of sp³-hybridized carbons (Fsp3) is 0.842. The van der Waals surface area contributed by atoms with Crippen molar-refractivity contribution in [3.05, 3.63) is 17.2 Å². The van der Waals surface area contributed by atoms with Gasteiger partial charge in [0.15, 0.2) is 0 Å². The average Bonchev–Trinajstić information content (AvgIpc) is 2.91. The third-order valence-electron chi connectivity index (χ3n) is 5.24. The molecule has 0 unspecified atom stereocenters. The minimum atomic E-state index is 0.139. The molecule has 0 radical (unpaired) electrons. The van der Waals surface area contributed by atoms with E-state index in [1.165, 1.54) is 36.5 Å². The maximum Gasteiger partial charge on any atom is 0.112 e. The van der Waals surface area contributed by atoms with Gasteiger partial charge in [0.1, 0.15) is 5.82 Å². The van der Waals surface area contributed by atoms with Crippen molar-refractivity contribution in [1.82, 2.24) is 9.97 Å². The van der Waals surface area contributed by atoms with Crippen LogP contribution in [0.5, 0.6) is 0 Å². The van der Waals surface area contributed by atoms with Crippen LogP contribution in [0.2, 0.25) is 0 Å². The molecule has 0 bridgehead atoms. The van der Waals surface area contributed by atoms with Gasteiger partial charge in [0.2, 0.25) is 0 Å². The van der Waals surface area contributed by atoms with Crippen molar-refractivity contribution in [2.45, 2.75) is 104 Å². The van der Waals surface area contributed by atoms with Gasteiger partial charge in [-0.1, -0.05) is 68.2 Å². The molecule has 0 atom stereocenters. The minimum Gasteiger partial charge on any atom is -0.345 e. The van der Waals surface area contributed by atoms with E-state index >= 15 is 0 Å². The SMILES string of the molecule is CCCCC(C)(C)c1nc(C(C)(CC)CC)c(C(C)C)[nH]1. The van der Waals surface area contributed by atoms with Crippen LogP contribution in [0.15, 0.2) is 0 Å². The molecule has 0 aliphatic rings. The van der Waals surface area contributed by atoms with Crippen LogP contribution in [0.4, 0.5) is 0 Å². The Morgan fingerprint density at radius 1 is 1.05 bits per heavy atom. The summed E-state index contributed by atoms with van der Waals surface area (Å²) in [5.41, 5.74) is 2.98. The highest BCUT2D eigenvalue weighted by atomic mass is 15.0. The second kappa shape index (κ2) is 6.98. The standard InChI is InChI=1S/C19H36N2/c1-9-12-13-18(6,7)17-20-15(14(4)5)16(21-17)19(8,10-2)11-3/h14H,9-13H2,1-8H3,(H,20,21). The molecular formula is C19H36N2. The monoisotopic (exact) mass is 292 g/mol. The van der Waals surface area contributed by atoms with Crippen molar-refractivity contribution in [3.63, 3.8) is 0 Å². The topological polar surface area (TPSA) is 28.7 Å². The summed E-state index contributed by atoms with van der Waals surface area (Å²) >= 11 is 0. The second-order valence-electron chi connectivity index (χ2n) is 7.76. The molecule has 0 saturated heterocycles.